The second-order valence-electron chi connectivity index (χ2n) is 4.61. The Labute approximate surface area is 114 Å². The van der Waals surface area contributed by atoms with Crippen LogP contribution in [0.1, 0.15) is 25.7 Å². The first-order valence-electron chi connectivity index (χ1n) is 5.85. The molecule has 0 unspecified atom stereocenters. The number of hydrogen-bond donors (Lipinski definition) is 1. The number of rotatable bonds is 2. The molecule has 1 aliphatic rings. The van der Waals surface area contributed by atoms with Crippen molar-refractivity contribution in [1.82, 2.24) is 0 Å². The summed E-state index contributed by atoms with van der Waals surface area (Å²) in [6.07, 6.45) is 3.80. The van der Waals surface area contributed by atoms with Crippen LogP contribution in [-0.2, 0) is 4.79 Å². The van der Waals surface area contributed by atoms with Crippen LogP contribution in [-0.4, -0.2) is 19.0 Å². The van der Waals surface area contributed by atoms with Crippen molar-refractivity contribution in [1.29, 1.82) is 0 Å². The van der Waals surface area contributed by atoms with E-state index in [1.807, 2.05) is 18.5 Å². The summed E-state index contributed by atoms with van der Waals surface area (Å²) >= 11 is 4.99. The highest BCUT2D eigenvalue weighted by Gasteiger charge is 2.27. The van der Waals surface area contributed by atoms with Crippen LogP contribution in [0.3, 0.4) is 0 Å². The second-order valence-corrected chi connectivity index (χ2v) is 6.42. The quantitative estimate of drug-likeness (QED) is 0.911. The maximum atomic E-state index is 12.3. The lowest BCUT2D eigenvalue weighted by molar-refractivity contribution is -0.123. The molecule has 0 saturated heterocycles. The van der Waals surface area contributed by atoms with Crippen LogP contribution in [0.15, 0.2) is 15.9 Å². The van der Waals surface area contributed by atoms with Gasteiger partial charge in [-0.3, -0.25) is 4.79 Å². The lowest BCUT2D eigenvalue weighted by atomic mass is 9.85. The van der Waals surface area contributed by atoms with Crippen molar-refractivity contribution in [2.45, 2.75) is 31.7 Å². The molecule has 1 aliphatic carbocycles. The van der Waals surface area contributed by atoms with Crippen LogP contribution in [0.4, 0.5) is 5.00 Å². The molecule has 2 rings (SSSR count). The molecule has 3 nitrogen and oxygen atoms in total. The minimum atomic E-state index is 0.153. The summed E-state index contributed by atoms with van der Waals surface area (Å²) in [6.45, 7) is 0. The van der Waals surface area contributed by atoms with Crippen molar-refractivity contribution in [3.63, 3.8) is 0 Å². The summed E-state index contributed by atoms with van der Waals surface area (Å²) in [4.78, 5) is 14.1. The largest absolute Gasteiger partial charge is 0.328 e. The molecule has 94 valence electrons. The first-order chi connectivity index (χ1) is 8.08. The van der Waals surface area contributed by atoms with E-state index in [1.165, 1.54) is 0 Å². The van der Waals surface area contributed by atoms with E-state index in [2.05, 4.69) is 15.9 Å². The fourth-order valence-electron chi connectivity index (χ4n) is 2.23. The number of anilines is 1. The van der Waals surface area contributed by atoms with Crippen LogP contribution in [0.5, 0.6) is 0 Å². The molecule has 0 atom stereocenters. The van der Waals surface area contributed by atoms with Gasteiger partial charge in [-0.15, -0.1) is 11.3 Å². The molecule has 0 spiro atoms. The maximum absolute atomic E-state index is 12.3. The Morgan fingerprint density at radius 3 is 2.65 bits per heavy atom. The van der Waals surface area contributed by atoms with Crippen molar-refractivity contribution in [3.8, 4) is 0 Å². The van der Waals surface area contributed by atoms with E-state index in [-0.39, 0.29) is 11.8 Å². The van der Waals surface area contributed by atoms with E-state index in [0.717, 1.165) is 35.2 Å². The smallest absolute Gasteiger partial charge is 0.230 e. The third-order valence-electron chi connectivity index (χ3n) is 3.34. The summed E-state index contributed by atoms with van der Waals surface area (Å²) in [5.74, 6) is 0.381. The van der Waals surface area contributed by atoms with Crippen LogP contribution >= 0.6 is 27.3 Å². The summed E-state index contributed by atoms with van der Waals surface area (Å²) in [5, 5.41) is 2.99. The Hall–Kier alpha value is -0.390. The van der Waals surface area contributed by atoms with Crippen molar-refractivity contribution in [3.05, 3.63) is 15.9 Å². The van der Waals surface area contributed by atoms with Crippen LogP contribution in [0, 0.1) is 5.92 Å². The minimum absolute atomic E-state index is 0.153. The average molecular weight is 317 g/mol. The summed E-state index contributed by atoms with van der Waals surface area (Å²) in [7, 11) is 1.86. The standard InChI is InChI=1S/C12H17BrN2OS/c1-15(11-6-9(13)7-17-11)12(16)8-2-4-10(14)5-3-8/h6-8,10H,2-5,14H2,1H3. The predicted molar refractivity (Wildman–Crippen MR) is 75.4 cm³/mol. The average Bonchev–Trinajstić information content (AvgIpc) is 2.75. The van der Waals surface area contributed by atoms with Crippen LogP contribution in [0.25, 0.3) is 0 Å². The van der Waals surface area contributed by atoms with Gasteiger partial charge in [-0.1, -0.05) is 0 Å². The zero-order valence-corrected chi connectivity index (χ0v) is 12.3. The lowest BCUT2D eigenvalue weighted by Crippen LogP contribution is -2.37. The Kier molecular flexibility index (Phi) is 4.22. The number of nitrogens with two attached hydrogens (primary N) is 1. The topological polar surface area (TPSA) is 46.3 Å². The highest BCUT2D eigenvalue weighted by molar-refractivity contribution is 9.10. The van der Waals surface area contributed by atoms with Gasteiger partial charge in [0.2, 0.25) is 5.91 Å². The number of halogens is 1. The number of thiophene rings is 1. The highest BCUT2D eigenvalue weighted by Crippen LogP contribution is 2.31. The summed E-state index contributed by atoms with van der Waals surface area (Å²) in [6, 6.07) is 2.28. The number of carbonyl (C=O) groups excluding carboxylic acids is 1. The monoisotopic (exact) mass is 316 g/mol. The fourth-order valence-corrected chi connectivity index (χ4v) is 3.62. The van der Waals surface area contributed by atoms with Crippen molar-refractivity contribution in [2.75, 3.05) is 11.9 Å². The number of carbonyl (C=O) groups is 1. The number of hydrogen-bond acceptors (Lipinski definition) is 3. The first kappa shape index (κ1) is 13.1. The molecule has 0 aliphatic heterocycles. The zero-order chi connectivity index (χ0) is 12.4. The number of nitrogens with zero attached hydrogens (tertiary/aromatic N) is 1. The third kappa shape index (κ3) is 3.09. The van der Waals surface area contributed by atoms with Gasteiger partial charge in [0.25, 0.3) is 0 Å². The Morgan fingerprint density at radius 1 is 1.47 bits per heavy atom. The molecule has 0 bridgehead atoms. The van der Waals surface area contributed by atoms with Crippen molar-refractivity contribution >= 4 is 38.2 Å². The third-order valence-corrected chi connectivity index (χ3v) is 5.10. The molecule has 5 heteroatoms. The van der Waals surface area contributed by atoms with Gasteiger partial charge in [-0.05, 0) is 47.7 Å². The minimum Gasteiger partial charge on any atom is -0.328 e. The molecule has 0 aromatic carbocycles. The Bertz CT molecular complexity index is 399. The van der Waals surface area contributed by atoms with Gasteiger partial charge in [0, 0.05) is 28.9 Å². The van der Waals surface area contributed by atoms with Crippen molar-refractivity contribution < 1.29 is 4.79 Å². The molecular weight excluding hydrogens is 300 g/mol. The molecule has 2 N–H and O–H groups in total. The molecule has 1 aromatic heterocycles. The zero-order valence-electron chi connectivity index (χ0n) is 9.86. The molecular formula is C12H17BrN2OS. The van der Waals surface area contributed by atoms with Gasteiger partial charge in [0.15, 0.2) is 0 Å². The van der Waals surface area contributed by atoms with Gasteiger partial charge >= 0.3 is 0 Å². The van der Waals surface area contributed by atoms with E-state index in [1.54, 1.807) is 16.2 Å². The number of amides is 1. The molecule has 1 heterocycles. The van der Waals surface area contributed by atoms with Crippen LogP contribution < -0.4 is 10.6 Å². The SMILES string of the molecule is CN(C(=O)C1CCC(N)CC1)c1cc(Br)cs1. The van der Waals surface area contributed by atoms with Crippen molar-refractivity contribution in [2.24, 2.45) is 11.7 Å². The van der Waals surface area contributed by atoms with Gasteiger partial charge in [0.1, 0.15) is 0 Å². The molecule has 1 aromatic rings. The Morgan fingerprint density at radius 2 is 2.12 bits per heavy atom. The van der Waals surface area contributed by atoms with E-state index >= 15 is 0 Å². The molecule has 1 fully saturated rings. The first-order valence-corrected chi connectivity index (χ1v) is 7.52. The van der Waals surface area contributed by atoms with Gasteiger partial charge in [0.05, 0.1) is 5.00 Å². The highest BCUT2D eigenvalue weighted by atomic mass is 79.9. The van der Waals surface area contributed by atoms with Gasteiger partial charge < -0.3 is 10.6 Å². The Balaban J connectivity index is 2.00. The predicted octanol–water partition coefficient (Wildman–Crippen LogP) is 2.99. The van der Waals surface area contributed by atoms with E-state index in [0.29, 0.717) is 6.04 Å². The molecule has 1 amide bonds. The lowest BCUT2D eigenvalue weighted by Gasteiger charge is -2.28. The van der Waals surface area contributed by atoms with Crippen LogP contribution in [0.2, 0.25) is 0 Å². The molecule has 17 heavy (non-hydrogen) atoms. The second kappa shape index (κ2) is 5.50. The fraction of sp³-hybridized carbons (Fsp3) is 0.583. The van der Waals surface area contributed by atoms with Gasteiger partial charge in [-0.25, -0.2) is 0 Å². The summed E-state index contributed by atoms with van der Waals surface area (Å²) < 4.78 is 1.03. The maximum Gasteiger partial charge on any atom is 0.230 e. The van der Waals surface area contributed by atoms with E-state index < -0.39 is 0 Å². The molecule has 1 saturated carbocycles. The van der Waals surface area contributed by atoms with Gasteiger partial charge in [-0.2, -0.15) is 0 Å². The molecule has 0 radical (unpaired) electrons. The van der Waals surface area contributed by atoms with E-state index in [4.69, 9.17) is 5.73 Å². The summed E-state index contributed by atoms with van der Waals surface area (Å²) in [5.41, 5.74) is 5.86. The normalized spacial score (nSPS) is 24.6. The van der Waals surface area contributed by atoms with E-state index in [9.17, 15) is 4.79 Å².